The molecule has 1 aromatic carbocycles. The lowest BCUT2D eigenvalue weighted by molar-refractivity contribution is -0.143. The molecular formula is C20H24N2O5. The normalized spacial score (nSPS) is 21.0. The lowest BCUT2D eigenvalue weighted by Gasteiger charge is -2.41. The number of aromatic amines is 1. The van der Waals surface area contributed by atoms with Gasteiger partial charge in [-0.2, -0.15) is 0 Å². The van der Waals surface area contributed by atoms with Gasteiger partial charge < -0.3 is 20.3 Å². The zero-order valence-electron chi connectivity index (χ0n) is 15.2. The first-order valence-electron chi connectivity index (χ1n) is 8.93. The van der Waals surface area contributed by atoms with E-state index in [1.807, 2.05) is 0 Å². The van der Waals surface area contributed by atoms with Crippen LogP contribution in [0.3, 0.4) is 0 Å². The maximum absolute atomic E-state index is 9.64. The van der Waals surface area contributed by atoms with Crippen LogP contribution < -0.4 is 0 Å². The summed E-state index contributed by atoms with van der Waals surface area (Å²) in [6.45, 7) is 1.05. The van der Waals surface area contributed by atoms with E-state index < -0.39 is 11.9 Å². The van der Waals surface area contributed by atoms with Crippen LogP contribution in [0.2, 0.25) is 0 Å². The molecule has 4 rings (SSSR count). The van der Waals surface area contributed by atoms with E-state index >= 15 is 0 Å². The van der Waals surface area contributed by atoms with Crippen molar-refractivity contribution >= 4 is 22.8 Å². The van der Waals surface area contributed by atoms with Crippen LogP contribution in [0.15, 0.2) is 36.0 Å². The number of rotatable bonds is 4. The number of nitrogens with zero attached hydrogens (tertiary/aromatic N) is 1. The molecule has 0 saturated carbocycles. The number of carbonyl (C=O) groups is 2. The molecule has 2 atom stereocenters. The van der Waals surface area contributed by atoms with E-state index in [0.717, 1.165) is 18.5 Å². The van der Waals surface area contributed by atoms with E-state index in [9.17, 15) is 14.7 Å². The van der Waals surface area contributed by atoms with Gasteiger partial charge in [0.05, 0.1) is 19.4 Å². The largest absolute Gasteiger partial charge is 0.481 e. The lowest BCUT2D eigenvalue weighted by atomic mass is 9.77. The van der Waals surface area contributed by atoms with E-state index in [4.69, 9.17) is 10.2 Å². The molecule has 1 aliphatic heterocycles. The van der Waals surface area contributed by atoms with Gasteiger partial charge in [0.2, 0.25) is 0 Å². The fourth-order valence-electron chi connectivity index (χ4n) is 3.98. The number of likely N-dealkylation sites (N-methyl/N-ethyl adjacent to an activating group) is 1. The minimum absolute atomic E-state index is 0.170. The molecule has 0 amide bonds. The zero-order chi connectivity index (χ0) is 19.6. The Kier molecular flexibility index (Phi) is 5.62. The maximum Gasteiger partial charge on any atom is 0.303 e. The minimum atomic E-state index is -1.08. The fourth-order valence-corrected chi connectivity index (χ4v) is 3.98. The summed E-state index contributed by atoms with van der Waals surface area (Å²) in [6, 6.07) is 7.03. The summed E-state index contributed by atoms with van der Waals surface area (Å²) in [4.78, 5) is 25.0. The second-order valence-corrected chi connectivity index (χ2v) is 7.07. The van der Waals surface area contributed by atoms with Gasteiger partial charge >= 0.3 is 11.9 Å². The summed E-state index contributed by atoms with van der Waals surface area (Å²) >= 11 is 0. The predicted molar refractivity (Wildman–Crippen MR) is 101 cm³/mol. The smallest absolute Gasteiger partial charge is 0.303 e. The van der Waals surface area contributed by atoms with Crippen LogP contribution in [0, 0.1) is 0 Å². The van der Waals surface area contributed by atoms with Crippen LogP contribution >= 0.6 is 0 Å². The summed E-state index contributed by atoms with van der Waals surface area (Å²) in [7, 11) is 2.16. The number of carboxylic acid groups (broad SMARTS) is 2. The van der Waals surface area contributed by atoms with Crippen molar-refractivity contribution in [1.82, 2.24) is 9.88 Å². The molecule has 0 bridgehead atoms. The molecule has 2 aliphatic rings. The molecule has 2 aromatic rings. The van der Waals surface area contributed by atoms with Gasteiger partial charge in [-0.25, -0.2) is 0 Å². The van der Waals surface area contributed by atoms with Crippen molar-refractivity contribution in [3.63, 3.8) is 0 Å². The van der Waals surface area contributed by atoms with E-state index in [1.165, 1.54) is 22.0 Å². The quantitative estimate of drug-likeness (QED) is 0.610. The molecule has 0 radical (unpaired) electrons. The molecular weight excluding hydrogens is 348 g/mol. The Bertz CT molecular complexity index is 872. The van der Waals surface area contributed by atoms with Crippen LogP contribution in [-0.4, -0.2) is 63.4 Å². The Hall–Kier alpha value is -2.64. The second-order valence-electron chi connectivity index (χ2n) is 7.07. The highest BCUT2D eigenvalue weighted by Crippen LogP contribution is 2.41. The zero-order valence-corrected chi connectivity index (χ0v) is 15.2. The van der Waals surface area contributed by atoms with E-state index in [2.05, 4.69) is 47.4 Å². The molecule has 1 aromatic heterocycles. The third-order valence-corrected chi connectivity index (χ3v) is 5.21. The standard InChI is InChI=1S/C16H18N2O.C4H6O4/c1-18-8-10(9-19)5-13-12-3-2-4-14-16(12)11(7-17-14)6-15(13)18;5-3(6)1-2-4(7)8/h2-5,7,13,15,17,19H,6,8-9H2,1H3;1-2H2,(H,5,6)(H,7,8)/t13-,15-;/m1./s1. The van der Waals surface area contributed by atoms with Gasteiger partial charge in [0, 0.05) is 35.6 Å². The number of aliphatic hydroxyl groups is 1. The lowest BCUT2D eigenvalue weighted by Crippen LogP contribution is -2.44. The number of benzene rings is 1. The van der Waals surface area contributed by atoms with Gasteiger partial charge in [-0.3, -0.25) is 14.5 Å². The Balaban J connectivity index is 0.000000226. The number of H-pyrrole nitrogens is 1. The number of fused-ring (bicyclic) bond motifs is 2. The Morgan fingerprint density at radius 2 is 1.93 bits per heavy atom. The van der Waals surface area contributed by atoms with Gasteiger partial charge in [-0.05, 0) is 36.2 Å². The number of nitrogens with one attached hydrogen (secondary N) is 1. The van der Waals surface area contributed by atoms with Crippen molar-refractivity contribution in [2.75, 3.05) is 20.2 Å². The first-order chi connectivity index (χ1) is 12.9. The van der Waals surface area contributed by atoms with E-state index in [0.29, 0.717) is 12.0 Å². The van der Waals surface area contributed by atoms with Gasteiger partial charge in [0.15, 0.2) is 0 Å². The molecule has 0 unspecified atom stereocenters. The minimum Gasteiger partial charge on any atom is -0.481 e. The number of hydrogen-bond donors (Lipinski definition) is 4. The maximum atomic E-state index is 9.64. The fraction of sp³-hybridized carbons (Fsp3) is 0.400. The summed E-state index contributed by atoms with van der Waals surface area (Å²) in [6.07, 6.45) is 4.94. The first kappa shape index (κ1) is 19.1. The highest BCUT2D eigenvalue weighted by Gasteiger charge is 2.35. The number of hydrogen-bond acceptors (Lipinski definition) is 4. The number of aromatic nitrogens is 1. The molecule has 0 spiro atoms. The van der Waals surface area contributed by atoms with Gasteiger partial charge in [0.1, 0.15) is 0 Å². The molecule has 1 aliphatic carbocycles. The van der Waals surface area contributed by atoms with Crippen LogP contribution in [0.25, 0.3) is 10.9 Å². The van der Waals surface area contributed by atoms with Crippen LogP contribution in [0.4, 0.5) is 0 Å². The highest BCUT2D eigenvalue weighted by molar-refractivity contribution is 5.88. The van der Waals surface area contributed by atoms with E-state index in [-0.39, 0.29) is 19.4 Å². The molecule has 7 heteroatoms. The van der Waals surface area contributed by atoms with Crippen molar-refractivity contribution in [2.45, 2.75) is 31.2 Å². The Morgan fingerprint density at radius 1 is 1.22 bits per heavy atom. The van der Waals surface area contributed by atoms with Crippen molar-refractivity contribution in [3.8, 4) is 0 Å². The van der Waals surface area contributed by atoms with Crippen LogP contribution in [0.5, 0.6) is 0 Å². The number of aliphatic hydroxyl groups excluding tert-OH is 1. The van der Waals surface area contributed by atoms with Crippen molar-refractivity contribution in [1.29, 1.82) is 0 Å². The Morgan fingerprint density at radius 3 is 2.56 bits per heavy atom. The molecule has 7 nitrogen and oxygen atoms in total. The molecule has 27 heavy (non-hydrogen) atoms. The molecule has 0 saturated heterocycles. The third kappa shape index (κ3) is 4.04. The molecule has 2 heterocycles. The van der Waals surface area contributed by atoms with Crippen molar-refractivity contribution in [3.05, 3.63) is 47.2 Å². The van der Waals surface area contributed by atoms with Crippen LogP contribution in [-0.2, 0) is 16.0 Å². The number of carboxylic acids is 2. The summed E-state index contributed by atoms with van der Waals surface area (Å²) in [5.41, 5.74) is 5.21. The summed E-state index contributed by atoms with van der Waals surface area (Å²) < 4.78 is 0. The monoisotopic (exact) mass is 372 g/mol. The number of aliphatic carboxylic acids is 2. The second kappa shape index (κ2) is 7.94. The first-order valence-corrected chi connectivity index (χ1v) is 8.93. The van der Waals surface area contributed by atoms with Crippen molar-refractivity contribution in [2.24, 2.45) is 0 Å². The summed E-state index contributed by atoms with van der Waals surface area (Å²) in [5, 5.41) is 26.6. The van der Waals surface area contributed by atoms with Crippen molar-refractivity contribution < 1.29 is 24.9 Å². The highest BCUT2D eigenvalue weighted by atomic mass is 16.4. The molecule has 0 fully saturated rings. The molecule has 4 N–H and O–H groups in total. The van der Waals surface area contributed by atoms with E-state index in [1.54, 1.807) is 0 Å². The van der Waals surface area contributed by atoms with Crippen LogP contribution in [0.1, 0.15) is 29.9 Å². The topological polar surface area (TPSA) is 114 Å². The Labute approximate surface area is 156 Å². The third-order valence-electron chi connectivity index (χ3n) is 5.21. The van der Waals surface area contributed by atoms with Gasteiger partial charge in [-0.1, -0.05) is 18.2 Å². The average molecular weight is 372 g/mol. The predicted octanol–water partition coefficient (Wildman–Crippen LogP) is 1.98. The average Bonchev–Trinajstić information content (AvgIpc) is 3.06. The SMILES string of the molecule is CN1CC(CO)=C[C@@H]2c3cccc4[nH]cc(c34)C[C@H]21.O=C(O)CCC(=O)O. The van der Waals surface area contributed by atoms with Gasteiger partial charge in [0.25, 0.3) is 0 Å². The molecule has 144 valence electrons. The van der Waals surface area contributed by atoms with Gasteiger partial charge in [-0.15, -0.1) is 0 Å². The summed E-state index contributed by atoms with van der Waals surface area (Å²) in [5.74, 6) is -1.74.